The summed E-state index contributed by atoms with van der Waals surface area (Å²) >= 11 is 0. The maximum absolute atomic E-state index is 13.9. The predicted molar refractivity (Wildman–Crippen MR) is 157 cm³/mol. The summed E-state index contributed by atoms with van der Waals surface area (Å²) < 4.78 is 42.0. The highest BCUT2D eigenvalue weighted by Crippen LogP contribution is 2.54. The molecule has 1 aromatic carbocycles. The number of carbonyl (C=O) groups excluding carboxylic acids is 1. The van der Waals surface area contributed by atoms with Gasteiger partial charge >= 0.3 is 0 Å². The SMILES string of the molecule is CN1CCc2cc(C(=O)Nc3ccc(S(=O)(=O)NCCO)cc3N3CCC4(CC3)CC4)nc(N3CCC(F)CC3)c21. The van der Waals surface area contributed by atoms with Gasteiger partial charge in [-0.25, -0.2) is 22.5 Å². The third kappa shape index (κ3) is 5.74. The lowest BCUT2D eigenvalue weighted by Crippen LogP contribution is -2.36. The molecule has 12 heteroatoms. The molecular formula is C29H39FN6O4S. The maximum Gasteiger partial charge on any atom is 0.274 e. The van der Waals surface area contributed by atoms with E-state index in [1.807, 2.05) is 13.1 Å². The van der Waals surface area contributed by atoms with Crippen molar-refractivity contribution >= 4 is 38.8 Å². The number of sulfonamides is 1. The molecule has 0 atom stereocenters. The summed E-state index contributed by atoms with van der Waals surface area (Å²) in [6, 6.07) is 6.56. The molecule has 4 aliphatic rings. The van der Waals surface area contributed by atoms with Crippen LogP contribution < -0.4 is 24.7 Å². The molecule has 222 valence electrons. The van der Waals surface area contributed by atoms with Crippen molar-refractivity contribution < 1.29 is 22.7 Å². The Hall–Kier alpha value is -2.96. The molecule has 6 rings (SSSR count). The van der Waals surface area contributed by atoms with E-state index < -0.39 is 16.2 Å². The molecule has 0 unspecified atom stereocenters. The van der Waals surface area contributed by atoms with Crippen LogP contribution in [0, 0.1) is 5.41 Å². The smallest absolute Gasteiger partial charge is 0.274 e. The highest BCUT2D eigenvalue weighted by atomic mass is 32.2. The molecule has 1 amide bonds. The number of hydrogen-bond acceptors (Lipinski definition) is 8. The van der Waals surface area contributed by atoms with Crippen LogP contribution in [0.5, 0.6) is 0 Å². The molecule has 41 heavy (non-hydrogen) atoms. The third-order valence-electron chi connectivity index (χ3n) is 9.16. The number of piperidine rings is 2. The van der Waals surface area contributed by atoms with Gasteiger partial charge in [-0.05, 0) is 80.2 Å². The van der Waals surface area contributed by atoms with Gasteiger partial charge in [0.2, 0.25) is 10.0 Å². The van der Waals surface area contributed by atoms with E-state index in [1.165, 1.54) is 18.9 Å². The number of halogens is 1. The number of nitrogens with zero attached hydrogens (tertiary/aromatic N) is 4. The Morgan fingerprint density at radius 2 is 1.80 bits per heavy atom. The summed E-state index contributed by atoms with van der Waals surface area (Å²) in [5.74, 6) is 0.358. The second kappa shape index (κ2) is 11.0. The predicted octanol–water partition coefficient (Wildman–Crippen LogP) is 2.92. The van der Waals surface area contributed by atoms with E-state index in [1.54, 1.807) is 12.1 Å². The first-order valence-corrected chi connectivity index (χ1v) is 16.1. The first-order chi connectivity index (χ1) is 19.7. The van der Waals surface area contributed by atoms with Crippen molar-refractivity contribution in [1.82, 2.24) is 9.71 Å². The standard InChI is InChI=1S/C29H39FN6O4S/c1-34-12-4-20-18-24(32-27(26(20)34)36-13-5-21(30)6-14-36)28(38)33-23-3-2-22(41(39,40)31-11-17-37)19-25(23)35-15-9-29(7-8-29)10-16-35/h2-3,18-19,21,31,37H,4-17H2,1H3,(H,33,38). The van der Waals surface area contributed by atoms with Crippen LogP contribution in [0.25, 0.3) is 0 Å². The number of aliphatic hydroxyl groups is 1. The number of aromatic nitrogens is 1. The van der Waals surface area contributed by atoms with Gasteiger partial charge in [-0.1, -0.05) is 0 Å². The van der Waals surface area contributed by atoms with Crippen LogP contribution in [-0.4, -0.2) is 83.5 Å². The van der Waals surface area contributed by atoms with Crippen LogP contribution in [-0.2, 0) is 16.4 Å². The van der Waals surface area contributed by atoms with Gasteiger partial charge in [0.25, 0.3) is 5.91 Å². The zero-order valence-electron chi connectivity index (χ0n) is 23.5. The monoisotopic (exact) mass is 586 g/mol. The van der Waals surface area contributed by atoms with E-state index in [0.29, 0.717) is 48.4 Å². The van der Waals surface area contributed by atoms with Crippen molar-refractivity contribution in [3.05, 3.63) is 35.5 Å². The number of fused-ring (bicyclic) bond motifs is 1. The Balaban J connectivity index is 1.31. The molecule has 0 radical (unpaired) electrons. The highest BCUT2D eigenvalue weighted by Gasteiger charge is 2.44. The molecule has 1 aliphatic carbocycles. The number of pyridine rings is 1. The number of aliphatic hydroxyl groups excluding tert-OH is 1. The van der Waals surface area contributed by atoms with Crippen LogP contribution in [0.15, 0.2) is 29.2 Å². The number of benzene rings is 1. The van der Waals surface area contributed by atoms with E-state index in [0.717, 1.165) is 56.0 Å². The second-order valence-corrected chi connectivity index (χ2v) is 13.7. The highest BCUT2D eigenvalue weighted by molar-refractivity contribution is 7.89. The fourth-order valence-corrected chi connectivity index (χ4v) is 7.41. The molecule has 10 nitrogen and oxygen atoms in total. The zero-order valence-corrected chi connectivity index (χ0v) is 24.3. The lowest BCUT2D eigenvalue weighted by atomic mass is 9.93. The fraction of sp³-hybridized carbons (Fsp3) is 0.586. The van der Waals surface area contributed by atoms with E-state index >= 15 is 0 Å². The van der Waals surface area contributed by atoms with Gasteiger partial charge in [0.05, 0.1) is 28.6 Å². The van der Waals surface area contributed by atoms with Gasteiger partial charge in [0.1, 0.15) is 11.9 Å². The molecular weight excluding hydrogens is 547 g/mol. The van der Waals surface area contributed by atoms with Gasteiger partial charge in [-0.2, -0.15) is 0 Å². The van der Waals surface area contributed by atoms with Crippen molar-refractivity contribution in [3.63, 3.8) is 0 Å². The first-order valence-electron chi connectivity index (χ1n) is 14.6. The van der Waals surface area contributed by atoms with E-state index in [4.69, 9.17) is 10.1 Å². The van der Waals surface area contributed by atoms with Gasteiger partial charge in [-0.15, -0.1) is 0 Å². The average Bonchev–Trinajstić information content (AvgIpc) is 3.62. The topological polar surface area (TPSA) is 118 Å². The van der Waals surface area contributed by atoms with Crippen LogP contribution in [0.1, 0.15) is 54.6 Å². The van der Waals surface area contributed by atoms with Crippen molar-refractivity contribution in [1.29, 1.82) is 0 Å². The minimum atomic E-state index is -3.82. The Bertz CT molecular complexity index is 1410. The van der Waals surface area contributed by atoms with Crippen molar-refractivity contribution in [2.24, 2.45) is 5.41 Å². The minimum Gasteiger partial charge on any atom is -0.395 e. The van der Waals surface area contributed by atoms with E-state index in [9.17, 15) is 17.6 Å². The van der Waals surface area contributed by atoms with Gasteiger partial charge in [0.15, 0.2) is 5.82 Å². The number of carbonyl (C=O) groups is 1. The first kappa shape index (κ1) is 28.2. The number of rotatable bonds is 8. The number of anilines is 4. The Labute approximate surface area is 241 Å². The lowest BCUT2D eigenvalue weighted by molar-refractivity contribution is 0.102. The minimum absolute atomic E-state index is 0.0765. The largest absolute Gasteiger partial charge is 0.395 e. The normalized spacial score (nSPS) is 20.4. The summed E-state index contributed by atoms with van der Waals surface area (Å²) in [4.78, 5) is 25.0. The Kier molecular flexibility index (Phi) is 7.58. The molecule has 3 N–H and O–H groups in total. The quantitative estimate of drug-likeness (QED) is 0.432. The average molecular weight is 587 g/mol. The Morgan fingerprint density at radius 1 is 1.07 bits per heavy atom. The number of alkyl halides is 1. The summed E-state index contributed by atoms with van der Waals surface area (Å²) in [5.41, 5.74) is 3.97. The lowest BCUT2D eigenvalue weighted by Gasteiger charge is -2.35. The molecule has 2 saturated heterocycles. The van der Waals surface area contributed by atoms with Crippen molar-refractivity contribution in [2.75, 3.05) is 72.9 Å². The number of hydrogen-bond donors (Lipinski definition) is 3. The molecule has 1 spiro atoms. The summed E-state index contributed by atoms with van der Waals surface area (Å²) in [5, 5.41) is 12.1. The molecule has 1 saturated carbocycles. The van der Waals surface area contributed by atoms with Crippen LogP contribution in [0.3, 0.4) is 0 Å². The number of nitrogens with one attached hydrogen (secondary N) is 2. The summed E-state index contributed by atoms with van der Waals surface area (Å²) in [6.07, 6.45) is 5.45. The van der Waals surface area contributed by atoms with E-state index in [-0.39, 0.29) is 24.0 Å². The van der Waals surface area contributed by atoms with Crippen LogP contribution >= 0.6 is 0 Å². The molecule has 4 heterocycles. The van der Waals surface area contributed by atoms with Crippen molar-refractivity contribution in [3.8, 4) is 0 Å². The second-order valence-electron chi connectivity index (χ2n) is 11.9. The van der Waals surface area contributed by atoms with Gasteiger partial charge in [0, 0.05) is 46.3 Å². The Morgan fingerprint density at radius 3 is 2.49 bits per heavy atom. The zero-order chi connectivity index (χ0) is 28.8. The molecule has 2 aromatic rings. The van der Waals surface area contributed by atoms with Crippen LogP contribution in [0.2, 0.25) is 0 Å². The van der Waals surface area contributed by atoms with Gasteiger partial charge < -0.3 is 25.1 Å². The molecule has 0 bridgehead atoms. The van der Waals surface area contributed by atoms with Crippen LogP contribution in [0.4, 0.5) is 27.3 Å². The fourth-order valence-electron chi connectivity index (χ4n) is 6.37. The van der Waals surface area contributed by atoms with E-state index in [2.05, 4.69) is 24.7 Å². The molecule has 3 fully saturated rings. The third-order valence-corrected chi connectivity index (χ3v) is 10.6. The summed E-state index contributed by atoms with van der Waals surface area (Å²) in [7, 11) is -1.81. The number of amides is 1. The molecule has 1 aromatic heterocycles. The summed E-state index contributed by atoms with van der Waals surface area (Å²) in [6.45, 7) is 3.14. The molecule has 3 aliphatic heterocycles. The van der Waals surface area contributed by atoms with Gasteiger partial charge in [-0.3, -0.25) is 4.79 Å². The maximum atomic E-state index is 13.9. The van der Waals surface area contributed by atoms with Crippen molar-refractivity contribution in [2.45, 2.75) is 56.0 Å². The number of likely N-dealkylation sites (N-methyl/N-ethyl adjacent to an activating group) is 1.